The molecular weight excluding hydrogens is 619 g/mol. The SMILES string of the molecule is CC(F)(F)c1ccc(CNC(=O)c2cn(CC(F)CCn3cc(C(=O)NCc4cc(OC(F)(F)F)ccc4F)nn3)nn2)nc1. The zero-order valence-electron chi connectivity index (χ0n) is 23.2. The molecule has 2 N–H and O–H groups in total. The minimum atomic E-state index is -4.97. The largest absolute Gasteiger partial charge is 0.573 e. The van der Waals surface area contributed by atoms with Crippen molar-refractivity contribution in [3.8, 4) is 5.75 Å². The molecule has 19 heteroatoms. The molecule has 4 aromatic rings. The van der Waals surface area contributed by atoms with E-state index in [0.717, 1.165) is 36.0 Å². The van der Waals surface area contributed by atoms with E-state index >= 15 is 0 Å². The molecule has 1 atom stereocenters. The lowest BCUT2D eigenvalue weighted by Crippen LogP contribution is -2.24. The first-order chi connectivity index (χ1) is 21.2. The minimum absolute atomic E-state index is 0.00923. The number of nitrogens with one attached hydrogen (secondary N) is 2. The van der Waals surface area contributed by atoms with Crippen molar-refractivity contribution in [2.45, 2.75) is 58.0 Å². The molecule has 12 nitrogen and oxygen atoms in total. The number of amides is 2. The van der Waals surface area contributed by atoms with E-state index < -0.39 is 48.4 Å². The quantitative estimate of drug-likeness (QED) is 0.210. The molecule has 2 amide bonds. The molecule has 0 spiro atoms. The second-order valence-electron chi connectivity index (χ2n) is 9.67. The summed E-state index contributed by atoms with van der Waals surface area (Å²) in [6.07, 6.45) is -3.10. The Balaban J connectivity index is 1.21. The standard InChI is InChI=1S/C26H24F7N9O3/c1-25(29,30)16-2-3-18(34-10-16)11-36-24(44)22-14-42(40-38-22)12-17(27)6-7-41-13-21(37-39-41)23(43)35-9-15-8-19(4-5-20(15)28)45-26(31,32)33/h2-5,8,10,13-14,17H,6-7,9,11-12H2,1H3,(H,35,43)(H,36,44). The first kappa shape index (κ1) is 32.8. The smallest absolute Gasteiger partial charge is 0.406 e. The van der Waals surface area contributed by atoms with Gasteiger partial charge in [0.15, 0.2) is 11.4 Å². The highest BCUT2D eigenvalue weighted by molar-refractivity contribution is 5.92. The lowest BCUT2D eigenvalue weighted by molar-refractivity contribution is -0.274. The lowest BCUT2D eigenvalue weighted by atomic mass is 10.1. The monoisotopic (exact) mass is 643 g/mol. The second-order valence-corrected chi connectivity index (χ2v) is 9.67. The number of pyridine rings is 1. The van der Waals surface area contributed by atoms with Gasteiger partial charge in [-0.1, -0.05) is 10.4 Å². The number of nitrogens with zero attached hydrogens (tertiary/aromatic N) is 7. The Morgan fingerprint density at radius 2 is 1.58 bits per heavy atom. The average Bonchev–Trinajstić information content (AvgIpc) is 3.64. The molecule has 0 saturated carbocycles. The summed E-state index contributed by atoms with van der Waals surface area (Å²) in [7, 11) is 0. The summed E-state index contributed by atoms with van der Waals surface area (Å²) in [4.78, 5) is 28.6. The molecule has 240 valence electrons. The molecule has 0 bridgehead atoms. The summed E-state index contributed by atoms with van der Waals surface area (Å²) in [5.41, 5.74) is -0.504. The topological polar surface area (TPSA) is 142 Å². The number of aromatic nitrogens is 7. The van der Waals surface area contributed by atoms with Crippen LogP contribution in [0.2, 0.25) is 0 Å². The Bertz CT molecular complexity index is 1620. The van der Waals surface area contributed by atoms with Crippen molar-refractivity contribution in [2.75, 3.05) is 0 Å². The molecule has 1 unspecified atom stereocenters. The van der Waals surface area contributed by atoms with Gasteiger partial charge in [-0.3, -0.25) is 19.3 Å². The van der Waals surface area contributed by atoms with Crippen LogP contribution in [0.1, 0.15) is 51.1 Å². The molecule has 0 aliphatic carbocycles. The maximum absolute atomic E-state index is 14.6. The van der Waals surface area contributed by atoms with Crippen molar-refractivity contribution < 1.29 is 45.1 Å². The van der Waals surface area contributed by atoms with Crippen LogP contribution >= 0.6 is 0 Å². The van der Waals surface area contributed by atoms with Crippen molar-refractivity contribution in [3.63, 3.8) is 0 Å². The molecule has 3 heterocycles. The molecule has 0 saturated heterocycles. The number of carbonyl (C=O) groups excluding carboxylic acids is 2. The fourth-order valence-electron chi connectivity index (χ4n) is 3.77. The summed E-state index contributed by atoms with van der Waals surface area (Å²) < 4.78 is 98.4. The number of rotatable bonds is 13. The van der Waals surface area contributed by atoms with E-state index in [1.165, 1.54) is 29.2 Å². The van der Waals surface area contributed by atoms with Gasteiger partial charge >= 0.3 is 6.36 Å². The van der Waals surface area contributed by atoms with Crippen LogP contribution in [0.5, 0.6) is 5.75 Å². The van der Waals surface area contributed by atoms with E-state index in [1.54, 1.807) is 0 Å². The summed E-state index contributed by atoms with van der Waals surface area (Å²) in [6, 6.07) is 4.90. The Labute approximate surface area is 249 Å². The number of benzene rings is 1. The van der Waals surface area contributed by atoms with Crippen molar-refractivity contribution in [1.82, 2.24) is 45.6 Å². The maximum atomic E-state index is 14.6. The number of aryl methyl sites for hydroxylation is 1. The van der Waals surface area contributed by atoms with Crippen LogP contribution in [0.3, 0.4) is 0 Å². The van der Waals surface area contributed by atoms with Crippen molar-refractivity contribution >= 4 is 11.8 Å². The first-order valence-electron chi connectivity index (χ1n) is 13.0. The van der Waals surface area contributed by atoms with Crippen LogP contribution in [0.15, 0.2) is 48.9 Å². The third-order valence-electron chi connectivity index (χ3n) is 6.05. The number of ether oxygens (including phenoxy) is 1. The highest BCUT2D eigenvalue weighted by Crippen LogP contribution is 2.26. The Morgan fingerprint density at radius 3 is 2.20 bits per heavy atom. The molecule has 4 rings (SSSR count). The van der Waals surface area contributed by atoms with Gasteiger partial charge in [0.05, 0.1) is 31.2 Å². The second kappa shape index (κ2) is 13.7. The summed E-state index contributed by atoms with van der Waals surface area (Å²) in [5.74, 6) is -6.01. The van der Waals surface area contributed by atoms with Crippen molar-refractivity contribution in [2.24, 2.45) is 0 Å². The Morgan fingerprint density at radius 1 is 0.933 bits per heavy atom. The third kappa shape index (κ3) is 9.70. The van der Waals surface area contributed by atoms with Gasteiger partial charge in [-0.05, 0) is 30.3 Å². The van der Waals surface area contributed by atoms with Crippen LogP contribution in [0.4, 0.5) is 30.7 Å². The highest BCUT2D eigenvalue weighted by atomic mass is 19.4. The van der Waals surface area contributed by atoms with Crippen LogP contribution in [0.25, 0.3) is 0 Å². The van der Waals surface area contributed by atoms with Crippen LogP contribution < -0.4 is 15.4 Å². The summed E-state index contributed by atoms with van der Waals surface area (Å²) in [6.45, 7) is -0.0668. The third-order valence-corrected chi connectivity index (χ3v) is 6.05. The van der Waals surface area contributed by atoms with Crippen molar-refractivity contribution in [1.29, 1.82) is 0 Å². The average molecular weight is 644 g/mol. The van der Waals surface area contributed by atoms with Gasteiger partial charge < -0.3 is 15.4 Å². The van der Waals surface area contributed by atoms with Gasteiger partial charge in [0.2, 0.25) is 0 Å². The number of hydrogen-bond acceptors (Lipinski definition) is 8. The zero-order valence-corrected chi connectivity index (χ0v) is 23.2. The Hall–Kier alpha value is -5.10. The maximum Gasteiger partial charge on any atom is 0.573 e. The van der Waals surface area contributed by atoms with Crippen LogP contribution in [-0.4, -0.2) is 59.3 Å². The van der Waals surface area contributed by atoms with E-state index in [1.807, 2.05) is 0 Å². The van der Waals surface area contributed by atoms with Gasteiger partial charge in [-0.25, -0.2) is 22.2 Å². The predicted molar refractivity (Wildman–Crippen MR) is 139 cm³/mol. The van der Waals surface area contributed by atoms with E-state index in [-0.39, 0.29) is 48.6 Å². The van der Waals surface area contributed by atoms with E-state index in [2.05, 4.69) is 41.0 Å². The fraction of sp³-hybridized carbons (Fsp3) is 0.346. The fourth-order valence-corrected chi connectivity index (χ4v) is 3.77. The molecular formula is C26H24F7N9O3. The van der Waals surface area contributed by atoms with Crippen LogP contribution in [0, 0.1) is 5.82 Å². The van der Waals surface area contributed by atoms with Gasteiger partial charge in [0.1, 0.15) is 17.7 Å². The molecule has 0 fully saturated rings. The van der Waals surface area contributed by atoms with Gasteiger partial charge in [0, 0.05) is 43.8 Å². The highest BCUT2D eigenvalue weighted by Gasteiger charge is 2.31. The summed E-state index contributed by atoms with van der Waals surface area (Å²) >= 11 is 0. The van der Waals surface area contributed by atoms with Gasteiger partial charge in [0.25, 0.3) is 17.7 Å². The molecule has 0 radical (unpaired) electrons. The molecule has 1 aromatic carbocycles. The van der Waals surface area contributed by atoms with Crippen molar-refractivity contribution in [3.05, 3.63) is 82.9 Å². The van der Waals surface area contributed by atoms with Gasteiger partial charge in [-0.15, -0.1) is 23.4 Å². The van der Waals surface area contributed by atoms with Gasteiger partial charge in [-0.2, -0.15) is 0 Å². The van der Waals surface area contributed by atoms with E-state index in [0.29, 0.717) is 5.69 Å². The number of halogens is 7. The Kier molecular flexibility index (Phi) is 9.98. The number of alkyl halides is 6. The van der Waals surface area contributed by atoms with Crippen LogP contribution in [-0.2, 0) is 32.1 Å². The number of hydrogen-bond donors (Lipinski definition) is 2. The molecule has 3 aromatic heterocycles. The molecule has 45 heavy (non-hydrogen) atoms. The number of carbonyl (C=O) groups is 2. The minimum Gasteiger partial charge on any atom is -0.406 e. The summed E-state index contributed by atoms with van der Waals surface area (Å²) in [5, 5.41) is 19.6. The zero-order chi connectivity index (χ0) is 32.8. The lowest BCUT2D eigenvalue weighted by Gasteiger charge is -2.11. The molecule has 0 aliphatic rings. The molecule has 0 aliphatic heterocycles. The van der Waals surface area contributed by atoms with E-state index in [4.69, 9.17) is 0 Å². The normalized spacial score (nSPS) is 12.5. The first-order valence-corrected chi connectivity index (χ1v) is 13.0. The predicted octanol–water partition coefficient (Wildman–Crippen LogP) is 3.70. The van der Waals surface area contributed by atoms with E-state index in [9.17, 15) is 40.3 Å².